The molecule has 0 radical (unpaired) electrons. The highest BCUT2D eigenvalue weighted by molar-refractivity contribution is 7.15. The second-order valence-corrected chi connectivity index (χ2v) is 5.14. The first-order chi connectivity index (χ1) is 9.72. The lowest BCUT2D eigenvalue weighted by Gasteiger charge is -2.02. The lowest BCUT2D eigenvalue weighted by atomic mass is 10.2. The summed E-state index contributed by atoms with van der Waals surface area (Å²) >= 11 is 1.37. The quantitative estimate of drug-likeness (QED) is 0.845. The fourth-order valence-corrected chi connectivity index (χ4v) is 2.35. The number of rotatable bonds is 6. The Kier molecular flexibility index (Phi) is 5.03. The molecule has 2 aromatic rings. The molecular weight excluding hydrogens is 276 g/mol. The van der Waals surface area contributed by atoms with Gasteiger partial charge >= 0.3 is 0 Å². The summed E-state index contributed by atoms with van der Waals surface area (Å²) in [6, 6.07) is 6.87. The van der Waals surface area contributed by atoms with E-state index in [4.69, 9.17) is 10.5 Å². The number of nitrogens with one attached hydrogen (secondary N) is 1. The lowest BCUT2D eigenvalue weighted by Crippen LogP contribution is -2.11. The average molecular weight is 292 g/mol. The van der Waals surface area contributed by atoms with Gasteiger partial charge in [0.1, 0.15) is 10.8 Å². The van der Waals surface area contributed by atoms with E-state index < -0.39 is 0 Å². The van der Waals surface area contributed by atoms with Gasteiger partial charge < -0.3 is 10.5 Å². The number of hydrogen-bond acceptors (Lipinski definition) is 6. The molecule has 0 fully saturated rings. The molecule has 3 N–H and O–H groups in total. The van der Waals surface area contributed by atoms with Crippen LogP contribution in [-0.4, -0.2) is 29.8 Å². The molecule has 0 aliphatic carbocycles. The number of nitrogens with zero attached hydrogens (tertiary/aromatic N) is 2. The number of nitrogens with two attached hydrogens (primary N) is 1. The minimum atomic E-state index is -0.214. The molecule has 20 heavy (non-hydrogen) atoms. The van der Waals surface area contributed by atoms with Crippen LogP contribution >= 0.6 is 11.3 Å². The van der Waals surface area contributed by atoms with E-state index in [9.17, 15) is 4.79 Å². The maximum atomic E-state index is 12.0. The summed E-state index contributed by atoms with van der Waals surface area (Å²) in [4.78, 5) is 12.0. The Morgan fingerprint density at radius 2 is 2.10 bits per heavy atom. The van der Waals surface area contributed by atoms with Gasteiger partial charge in [-0.15, -0.1) is 10.2 Å². The minimum Gasteiger partial charge on any atom is -0.497 e. The Balaban J connectivity index is 1.97. The first kappa shape index (κ1) is 14.4. The summed E-state index contributed by atoms with van der Waals surface area (Å²) in [6.45, 7) is 0.618. The van der Waals surface area contributed by atoms with Crippen molar-refractivity contribution in [2.24, 2.45) is 5.73 Å². The van der Waals surface area contributed by atoms with Crippen LogP contribution in [0.25, 0.3) is 0 Å². The van der Waals surface area contributed by atoms with E-state index >= 15 is 0 Å². The van der Waals surface area contributed by atoms with Crippen molar-refractivity contribution in [1.82, 2.24) is 10.2 Å². The molecule has 106 valence electrons. The van der Waals surface area contributed by atoms with Crippen molar-refractivity contribution in [3.8, 4) is 5.75 Å². The van der Waals surface area contributed by atoms with Gasteiger partial charge in [-0.3, -0.25) is 10.1 Å². The maximum absolute atomic E-state index is 12.0. The molecule has 1 amide bonds. The van der Waals surface area contributed by atoms with Gasteiger partial charge in [-0.1, -0.05) is 11.3 Å². The Morgan fingerprint density at radius 3 is 2.75 bits per heavy atom. The van der Waals surface area contributed by atoms with Gasteiger partial charge in [-0.05, 0) is 37.2 Å². The molecule has 0 aliphatic heterocycles. The van der Waals surface area contributed by atoms with Crippen LogP contribution in [0.3, 0.4) is 0 Å². The molecule has 6 nitrogen and oxygen atoms in total. The number of hydrogen-bond donors (Lipinski definition) is 2. The summed E-state index contributed by atoms with van der Waals surface area (Å²) in [5.41, 5.74) is 5.99. The van der Waals surface area contributed by atoms with Crippen LogP contribution in [-0.2, 0) is 6.42 Å². The summed E-state index contributed by atoms with van der Waals surface area (Å²) < 4.78 is 5.05. The highest BCUT2D eigenvalue weighted by Gasteiger charge is 2.10. The molecule has 0 spiro atoms. The monoisotopic (exact) mass is 292 g/mol. The number of carbonyl (C=O) groups excluding carboxylic acids is 1. The molecule has 0 atom stereocenters. The zero-order valence-electron chi connectivity index (χ0n) is 11.1. The third-order valence-corrected chi connectivity index (χ3v) is 3.53. The van der Waals surface area contributed by atoms with Crippen LogP contribution in [0.15, 0.2) is 24.3 Å². The van der Waals surface area contributed by atoms with Gasteiger partial charge in [-0.25, -0.2) is 0 Å². The van der Waals surface area contributed by atoms with Crippen molar-refractivity contribution in [2.75, 3.05) is 19.0 Å². The number of carbonyl (C=O) groups is 1. The Bertz CT molecular complexity index is 568. The van der Waals surface area contributed by atoms with E-state index in [1.54, 1.807) is 31.4 Å². The molecule has 0 aliphatic rings. The molecular formula is C13H16N4O2S. The molecule has 1 aromatic carbocycles. The van der Waals surface area contributed by atoms with E-state index in [1.807, 2.05) is 0 Å². The van der Waals surface area contributed by atoms with Gasteiger partial charge in [0.05, 0.1) is 7.11 Å². The summed E-state index contributed by atoms with van der Waals surface area (Å²) in [5.74, 6) is 0.496. The third kappa shape index (κ3) is 3.75. The largest absolute Gasteiger partial charge is 0.497 e. The molecule has 0 saturated carbocycles. The van der Waals surface area contributed by atoms with E-state index in [2.05, 4.69) is 15.5 Å². The van der Waals surface area contributed by atoms with E-state index in [1.165, 1.54) is 11.3 Å². The predicted molar refractivity (Wildman–Crippen MR) is 78.2 cm³/mol. The maximum Gasteiger partial charge on any atom is 0.257 e. The van der Waals surface area contributed by atoms with E-state index in [-0.39, 0.29) is 5.91 Å². The predicted octanol–water partition coefficient (Wildman–Crippen LogP) is 1.69. The first-order valence-corrected chi connectivity index (χ1v) is 7.02. The number of aryl methyl sites for hydroxylation is 1. The summed E-state index contributed by atoms with van der Waals surface area (Å²) in [5, 5.41) is 12.0. The molecule has 0 unspecified atom stereocenters. The fourth-order valence-electron chi connectivity index (χ4n) is 1.57. The Morgan fingerprint density at radius 1 is 1.35 bits per heavy atom. The Labute approximate surface area is 121 Å². The standard InChI is InChI=1S/C13H16N4O2S/c1-19-10-6-4-9(5-7-10)12(18)15-13-17-16-11(20-13)3-2-8-14/h4-7H,2-3,8,14H2,1H3,(H,15,17,18). The van der Waals surface area contributed by atoms with Crippen LogP contribution in [0, 0.1) is 0 Å². The molecule has 1 aromatic heterocycles. The van der Waals surface area contributed by atoms with Crippen LogP contribution in [0.2, 0.25) is 0 Å². The average Bonchev–Trinajstić information content (AvgIpc) is 2.92. The van der Waals surface area contributed by atoms with Crippen molar-refractivity contribution in [3.05, 3.63) is 34.8 Å². The molecule has 1 heterocycles. The van der Waals surface area contributed by atoms with Gasteiger partial charge in [0.25, 0.3) is 5.91 Å². The smallest absolute Gasteiger partial charge is 0.257 e. The molecule has 7 heteroatoms. The second-order valence-electron chi connectivity index (χ2n) is 4.08. The highest BCUT2D eigenvalue weighted by Crippen LogP contribution is 2.18. The van der Waals surface area contributed by atoms with E-state index in [0.29, 0.717) is 23.0 Å². The van der Waals surface area contributed by atoms with Crippen LogP contribution in [0.1, 0.15) is 21.8 Å². The second kappa shape index (κ2) is 6.97. The van der Waals surface area contributed by atoms with E-state index in [0.717, 1.165) is 17.8 Å². The SMILES string of the molecule is COc1ccc(C(=O)Nc2nnc(CCCN)s2)cc1. The third-order valence-electron chi connectivity index (χ3n) is 2.63. The van der Waals surface area contributed by atoms with Crippen molar-refractivity contribution in [3.63, 3.8) is 0 Å². The number of amides is 1. The zero-order chi connectivity index (χ0) is 14.4. The van der Waals surface area contributed by atoms with Crippen LogP contribution < -0.4 is 15.8 Å². The molecule has 0 bridgehead atoms. The fraction of sp³-hybridized carbons (Fsp3) is 0.308. The zero-order valence-corrected chi connectivity index (χ0v) is 11.9. The van der Waals surface area contributed by atoms with Crippen molar-refractivity contribution in [1.29, 1.82) is 0 Å². The normalized spacial score (nSPS) is 10.3. The van der Waals surface area contributed by atoms with Gasteiger partial charge in [-0.2, -0.15) is 0 Å². The van der Waals surface area contributed by atoms with Gasteiger partial charge in [0.2, 0.25) is 5.13 Å². The highest BCUT2D eigenvalue weighted by atomic mass is 32.1. The number of aromatic nitrogens is 2. The van der Waals surface area contributed by atoms with Crippen molar-refractivity contribution in [2.45, 2.75) is 12.8 Å². The van der Waals surface area contributed by atoms with Crippen LogP contribution in [0.4, 0.5) is 5.13 Å². The number of anilines is 1. The first-order valence-electron chi connectivity index (χ1n) is 6.21. The molecule has 2 rings (SSSR count). The molecule has 0 saturated heterocycles. The summed E-state index contributed by atoms with van der Waals surface area (Å²) in [6.07, 6.45) is 1.65. The summed E-state index contributed by atoms with van der Waals surface area (Å²) in [7, 11) is 1.58. The number of methoxy groups -OCH3 is 1. The van der Waals surface area contributed by atoms with Gasteiger partial charge in [0.15, 0.2) is 0 Å². The number of ether oxygens (including phenoxy) is 1. The van der Waals surface area contributed by atoms with Gasteiger partial charge in [0, 0.05) is 12.0 Å². The van der Waals surface area contributed by atoms with Crippen molar-refractivity contribution < 1.29 is 9.53 Å². The minimum absolute atomic E-state index is 0.214. The Hall–Kier alpha value is -1.99. The topological polar surface area (TPSA) is 90.1 Å². The number of benzene rings is 1. The lowest BCUT2D eigenvalue weighted by molar-refractivity contribution is 0.102. The van der Waals surface area contributed by atoms with Crippen molar-refractivity contribution >= 4 is 22.4 Å². The van der Waals surface area contributed by atoms with Crippen LogP contribution in [0.5, 0.6) is 5.75 Å².